The summed E-state index contributed by atoms with van der Waals surface area (Å²) in [6, 6.07) is 4.82. The van der Waals surface area contributed by atoms with Crippen LogP contribution < -0.4 is 10.5 Å². The highest BCUT2D eigenvalue weighted by molar-refractivity contribution is 5.28. The zero-order valence-electron chi connectivity index (χ0n) is 11.3. The number of benzene rings is 1. The average molecular weight is 287 g/mol. The fourth-order valence-corrected chi connectivity index (χ4v) is 2.77. The fourth-order valence-electron chi connectivity index (χ4n) is 2.77. The summed E-state index contributed by atoms with van der Waals surface area (Å²) in [7, 11) is 0. The van der Waals surface area contributed by atoms with E-state index < -0.39 is 11.7 Å². The maximum Gasteiger partial charge on any atom is 0.416 e. The fraction of sp³-hybridized carbons (Fsp3) is 0.600. The molecule has 1 aliphatic rings. The lowest BCUT2D eigenvalue weighted by Crippen LogP contribution is -2.27. The molecule has 1 aromatic rings. The van der Waals surface area contributed by atoms with E-state index in [2.05, 4.69) is 0 Å². The average Bonchev–Trinajstić information content (AvgIpc) is 2.93. The van der Waals surface area contributed by atoms with Gasteiger partial charge in [0.1, 0.15) is 5.75 Å². The summed E-state index contributed by atoms with van der Waals surface area (Å²) >= 11 is 0. The van der Waals surface area contributed by atoms with Crippen LogP contribution in [0.25, 0.3) is 0 Å². The topological polar surface area (TPSA) is 35.2 Å². The van der Waals surface area contributed by atoms with E-state index in [-0.39, 0.29) is 0 Å². The van der Waals surface area contributed by atoms with E-state index >= 15 is 0 Å². The second-order valence-electron chi connectivity index (χ2n) is 5.37. The van der Waals surface area contributed by atoms with Crippen LogP contribution >= 0.6 is 0 Å². The molecule has 0 heterocycles. The molecule has 5 heteroatoms. The smallest absolute Gasteiger partial charge is 0.416 e. The van der Waals surface area contributed by atoms with Crippen LogP contribution in [0, 0.1) is 11.8 Å². The minimum Gasteiger partial charge on any atom is -0.493 e. The van der Waals surface area contributed by atoms with Crippen molar-refractivity contribution >= 4 is 0 Å². The molecule has 112 valence electrons. The molecule has 0 amide bonds. The van der Waals surface area contributed by atoms with Gasteiger partial charge in [-0.3, -0.25) is 0 Å². The molecule has 0 aromatic heterocycles. The van der Waals surface area contributed by atoms with E-state index in [1.165, 1.54) is 37.8 Å². The molecule has 2 N–H and O–H groups in total. The molecule has 1 aliphatic carbocycles. The van der Waals surface area contributed by atoms with Gasteiger partial charge in [-0.2, -0.15) is 13.2 Å². The van der Waals surface area contributed by atoms with E-state index in [4.69, 9.17) is 10.5 Å². The van der Waals surface area contributed by atoms with Gasteiger partial charge < -0.3 is 10.5 Å². The van der Waals surface area contributed by atoms with Crippen molar-refractivity contribution in [2.24, 2.45) is 17.6 Å². The van der Waals surface area contributed by atoms with Crippen LogP contribution in [-0.2, 0) is 6.18 Å². The highest BCUT2D eigenvalue weighted by atomic mass is 19.4. The Morgan fingerprint density at radius 1 is 1.15 bits per heavy atom. The Morgan fingerprint density at radius 3 is 2.25 bits per heavy atom. The SMILES string of the molecule is NCC(COc1ccc(C(F)(F)F)cc1)C1CCCC1. The third-order valence-electron chi connectivity index (χ3n) is 4.01. The van der Waals surface area contributed by atoms with Crippen LogP contribution in [0.3, 0.4) is 0 Å². The van der Waals surface area contributed by atoms with Crippen LogP contribution in [-0.4, -0.2) is 13.2 Å². The van der Waals surface area contributed by atoms with Gasteiger partial charge in [-0.1, -0.05) is 25.7 Å². The Labute approximate surface area is 117 Å². The summed E-state index contributed by atoms with van der Waals surface area (Å²) in [5.41, 5.74) is 5.11. The zero-order chi connectivity index (χ0) is 14.6. The lowest BCUT2D eigenvalue weighted by molar-refractivity contribution is -0.137. The molecule has 20 heavy (non-hydrogen) atoms. The predicted octanol–water partition coefficient (Wildman–Crippen LogP) is 3.85. The maximum absolute atomic E-state index is 12.4. The Bertz CT molecular complexity index is 410. The van der Waals surface area contributed by atoms with Crippen molar-refractivity contribution in [3.8, 4) is 5.75 Å². The Kier molecular flexibility index (Phi) is 4.91. The quantitative estimate of drug-likeness (QED) is 0.892. The number of alkyl halides is 3. The lowest BCUT2D eigenvalue weighted by Gasteiger charge is -2.22. The second-order valence-corrected chi connectivity index (χ2v) is 5.37. The number of rotatable bonds is 5. The molecule has 1 atom stereocenters. The van der Waals surface area contributed by atoms with Crippen LogP contribution in [0.5, 0.6) is 5.75 Å². The van der Waals surface area contributed by atoms with Crippen LogP contribution in [0.1, 0.15) is 31.2 Å². The number of ether oxygens (including phenoxy) is 1. The van der Waals surface area contributed by atoms with Gasteiger partial charge in [0.15, 0.2) is 0 Å². The zero-order valence-corrected chi connectivity index (χ0v) is 11.3. The first-order valence-corrected chi connectivity index (χ1v) is 7.01. The molecule has 2 nitrogen and oxygen atoms in total. The molecule has 1 fully saturated rings. The van der Waals surface area contributed by atoms with E-state index in [0.29, 0.717) is 30.7 Å². The van der Waals surface area contributed by atoms with Gasteiger partial charge in [0.2, 0.25) is 0 Å². The van der Waals surface area contributed by atoms with E-state index in [1.54, 1.807) is 0 Å². The lowest BCUT2D eigenvalue weighted by atomic mass is 9.92. The molecule has 0 radical (unpaired) electrons. The molecule has 0 aliphatic heterocycles. The van der Waals surface area contributed by atoms with Crippen molar-refractivity contribution in [2.45, 2.75) is 31.9 Å². The normalized spacial score (nSPS) is 18.2. The summed E-state index contributed by atoms with van der Waals surface area (Å²) < 4.78 is 42.9. The minimum absolute atomic E-state index is 0.291. The number of hydrogen-bond donors (Lipinski definition) is 1. The summed E-state index contributed by atoms with van der Waals surface area (Å²) in [5, 5.41) is 0. The maximum atomic E-state index is 12.4. The predicted molar refractivity (Wildman–Crippen MR) is 71.4 cm³/mol. The summed E-state index contributed by atoms with van der Waals surface area (Å²) in [4.78, 5) is 0. The Morgan fingerprint density at radius 2 is 1.75 bits per heavy atom. The molecule has 1 unspecified atom stereocenters. The molecule has 0 spiro atoms. The van der Waals surface area contributed by atoms with Gasteiger partial charge in [0, 0.05) is 5.92 Å². The monoisotopic (exact) mass is 287 g/mol. The van der Waals surface area contributed by atoms with Crippen LogP contribution in [0.4, 0.5) is 13.2 Å². The standard InChI is InChI=1S/C15H20F3NO/c16-15(17,18)13-5-7-14(8-6-13)20-10-12(9-19)11-3-1-2-4-11/h5-8,11-12H,1-4,9-10,19H2. The van der Waals surface area contributed by atoms with Crippen molar-refractivity contribution in [1.29, 1.82) is 0 Å². The van der Waals surface area contributed by atoms with Crippen molar-refractivity contribution in [3.63, 3.8) is 0 Å². The molecule has 1 saturated carbocycles. The van der Waals surface area contributed by atoms with Crippen LogP contribution in [0.15, 0.2) is 24.3 Å². The van der Waals surface area contributed by atoms with Gasteiger partial charge >= 0.3 is 6.18 Å². The van der Waals surface area contributed by atoms with Gasteiger partial charge in [0.05, 0.1) is 12.2 Å². The third kappa shape index (κ3) is 3.88. The second kappa shape index (κ2) is 6.48. The highest BCUT2D eigenvalue weighted by Crippen LogP contribution is 2.32. The Balaban J connectivity index is 1.89. The number of halogens is 3. The molecule has 2 rings (SSSR count). The van der Waals surface area contributed by atoms with Crippen molar-refractivity contribution in [2.75, 3.05) is 13.2 Å². The first kappa shape index (κ1) is 15.2. The van der Waals surface area contributed by atoms with Crippen molar-refractivity contribution < 1.29 is 17.9 Å². The van der Waals surface area contributed by atoms with Gasteiger partial charge in [0.25, 0.3) is 0 Å². The molecule has 0 bridgehead atoms. The van der Waals surface area contributed by atoms with E-state index in [0.717, 1.165) is 12.1 Å². The summed E-state index contributed by atoms with van der Waals surface area (Å²) in [5.74, 6) is 1.35. The third-order valence-corrected chi connectivity index (χ3v) is 4.01. The molecule has 0 saturated heterocycles. The van der Waals surface area contributed by atoms with E-state index in [1.807, 2.05) is 0 Å². The first-order valence-electron chi connectivity index (χ1n) is 7.01. The summed E-state index contributed by atoms with van der Waals surface area (Å²) in [6.07, 6.45) is 0.529. The Hall–Kier alpha value is -1.23. The largest absolute Gasteiger partial charge is 0.493 e. The van der Waals surface area contributed by atoms with E-state index in [9.17, 15) is 13.2 Å². The molecular formula is C15H20F3NO. The van der Waals surface area contributed by atoms with Crippen molar-refractivity contribution in [1.82, 2.24) is 0 Å². The minimum atomic E-state index is -4.30. The first-order chi connectivity index (χ1) is 9.50. The van der Waals surface area contributed by atoms with Crippen LogP contribution in [0.2, 0.25) is 0 Å². The molecular weight excluding hydrogens is 267 g/mol. The number of hydrogen-bond acceptors (Lipinski definition) is 2. The highest BCUT2D eigenvalue weighted by Gasteiger charge is 2.30. The summed E-state index contributed by atoms with van der Waals surface area (Å²) in [6.45, 7) is 1.04. The molecule has 1 aromatic carbocycles. The van der Waals surface area contributed by atoms with Gasteiger partial charge in [-0.05, 0) is 36.7 Å². The number of nitrogens with two attached hydrogens (primary N) is 1. The van der Waals surface area contributed by atoms with Gasteiger partial charge in [-0.25, -0.2) is 0 Å². The van der Waals surface area contributed by atoms with Crippen molar-refractivity contribution in [3.05, 3.63) is 29.8 Å². The van der Waals surface area contributed by atoms with Gasteiger partial charge in [-0.15, -0.1) is 0 Å².